The van der Waals surface area contributed by atoms with E-state index in [1.165, 1.54) is 0 Å². The van der Waals surface area contributed by atoms with Crippen LogP contribution in [0.2, 0.25) is 0 Å². The van der Waals surface area contributed by atoms with Crippen LogP contribution in [0.1, 0.15) is 17.3 Å². The lowest BCUT2D eigenvalue weighted by molar-refractivity contribution is 0.0513. The Morgan fingerprint density at radius 3 is 2.86 bits per heavy atom. The van der Waals surface area contributed by atoms with Gasteiger partial charge < -0.3 is 15.0 Å². The maximum Gasteiger partial charge on any atom is 0.251 e. The number of rotatable bonds is 5. The number of benzene rings is 2. The third kappa shape index (κ3) is 3.91. The summed E-state index contributed by atoms with van der Waals surface area (Å²) >= 11 is 0. The molecule has 1 aromatic heterocycles. The third-order valence-corrected chi connectivity index (χ3v) is 5.16. The summed E-state index contributed by atoms with van der Waals surface area (Å²) in [5.41, 5.74) is 3.38. The second-order valence-electron chi connectivity index (χ2n) is 7.26. The first-order valence-corrected chi connectivity index (χ1v) is 9.71. The predicted molar refractivity (Wildman–Crippen MR) is 111 cm³/mol. The number of pyridine rings is 1. The molecular formula is C23H25N3O2. The summed E-state index contributed by atoms with van der Waals surface area (Å²) in [6.45, 7) is 4.26. The molecule has 1 amide bonds. The van der Waals surface area contributed by atoms with Crippen molar-refractivity contribution in [3.8, 4) is 11.3 Å². The van der Waals surface area contributed by atoms with E-state index in [4.69, 9.17) is 9.72 Å². The lowest BCUT2D eigenvalue weighted by Gasteiger charge is -2.20. The minimum atomic E-state index is -0.0763. The molecule has 144 valence electrons. The van der Waals surface area contributed by atoms with Crippen LogP contribution in [0.5, 0.6) is 0 Å². The van der Waals surface area contributed by atoms with Gasteiger partial charge in [0.15, 0.2) is 0 Å². The zero-order valence-electron chi connectivity index (χ0n) is 16.3. The van der Waals surface area contributed by atoms with Crippen LogP contribution in [0.15, 0.2) is 60.7 Å². The van der Waals surface area contributed by atoms with Crippen molar-refractivity contribution < 1.29 is 9.53 Å². The SMILES string of the molecule is CCO[C@H]1CN(C)C[C@@H]1NC(=O)c1cccc(-c2ccc3ccccc3n2)c1. The maximum absolute atomic E-state index is 12.8. The van der Waals surface area contributed by atoms with E-state index in [1.54, 1.807) is 0 Å². The first kappa shape index (κ1) is 18.6. The molecule has 0 spiro atoms. The highest BCUT2D eigenvalue weighted by atomic mass is 16.5. The van der Waals surface area contributed by atoms with Crippen molar-refractivity contribution in [3.63, 3.8) is 0 Å². The number of ether oxygens (including phenoxy) is 1. The lowest BCUT2D eigenvalue weighted by Crippen LogP contribution is -2.44. The first-order chi connectivity index (χ1) is 13.6. The molecule has 0 bridgehead atoms. The summed E-state index contributed by atoms with van der Waals surface area (Å²) in [6.07, 6.45) is 0.0317. The van der Waals surface area contributed by atoms with Crippen LogP contribution in [-0.4, -0.2) is 54.7 Å². The van der Waals surface area contributed by atoms with Gasteiger partial charge in [0.2, 0.25) is 0 Å². The number of amides is 1. The Labute approximate surface area is 165 Å². The highest BCUT2D eigenvalue weighted by molar-refractivity contribution is 5.95. The number of para-hydroxylation sites is 1. The van der Waals surface area contributed by atoms with Gasteiger partial charge in [-0.1, -0.05) is 36.4 Å². The molecule has 0 unspecified atom stereocenters. The Kier molecular flexibility index (Phi) is 5.37. The molecule has 0 aliphatic carbocycles. The van der Waals surface area contributed by atoms with Crippen LogP contribution in [-0.2, 0) is 4.74 Å². The molecule has 1 fully saturated rings. The summed E-state index contributed by atoms with van der Waals surface area (Å²) in [4.78, 5) is 19.8. The molecule has 1 aliphatic heterocycles. The molecule has 28 heavy (non-hydrogen) atoms. The molecule has 2 aromatic carbocycles. The third-order valence-electron chi connectivity index (χ3n) is 5.16. The molecular weight excluding hydrogens is 350 g/mol. The maximum atomic E-state index is 12.8. The zero-order valence-corrected chi connectivity index (χ0v) is 16.3. The molecule has 3 aromatic rings. The number of hydrogen-bond acceptors (Lipinski definition) is 4. The number of nitrogens with one attached hydrogen (secondary N) is 1. The topological polar surface area (TPSA) is 54.5 Å². The van der Waals surface area contributed by atoms with Crippen LogP contribution in [0.4, 0.5) is 0 Å². The van der Waals surface area contributed by atoms with Gasteiger partial charge in [0.25, 0.3) is 5.91 Å². The average Bonchev–Trinajstić information content (AvgIpc) is 3.06. The van der Waals surface area contributed by atoms with Gasteiger partial charge in [-0.3, -0.25) is 4.79 Å². The van der Waals surface area contributed by atoms with Gasteiger partial charge in [0.05, 0.1) is 23.4 Å². The lowest BCUT2D eigenvalue weighted by atomic mass is 10.1. The number of aromatic nitrogens is 1. The van der Waals surface area contributed by atoms with Crippen LogP contribution < -0.4 is 5.32 Å². The second kappa shape index (κ2) is 8.09. The minimum absolute atomic E-state index is 0.0000926. The Balaban J connectivity index is 1.55. The molecule has 0 saturated carbocycles. The fraction of sp³-hybridized carbons (Fsp3) is 0.304. The van der Waals surface area contributed by atoms with Gasteiger partial charge in [0.1, 0.15) is 0 Å². The standard InChI is InChI=1S/C23H25N3O2/c1-3-28-22-15-26(2)14-21(22)25-23(27)18-9-6-8-17(13-18)20-12-11-16-7-4-5-10-19(16)24-20/h4-13,21-22H,3,14-15H2,1-2H3,(H,25,27)/t21-,22-/m0/s1. The van der Waals surface area contributed by atoms with Gasteiger partial charge in [-0.05, 0) is 38.2 Å². The van der Waals surface area contributed by atoms with E-state index in [1.807, 2.05) is 68.6 Å². The quantitative estimate of drug-likeness (QED) is 0.743. The van der Waals surface area contributed by atoms with Gasteiger partial charge in [-0.15, -0.1) is 0 Å². The van der Waals surface area contributed by atoms with Crippen molar-refractivity contribution in [2.24, 2.45) is 0 Å². The van der Waals surface area contributed by atoms with Gasteiger partial charge >= 0.3 is 0 Å². The Morgan fingerprint density at radius 1 is 1.14 bits per heavy atom. The van der Waals surface area contributed by atoms with Gasteiger partial charge in [-0.2, -0.15) is 0 Å². The number of carbonyl (C=O) groups is 1. The van der Waals surface area contributed by atoms with Gasteiger partial charge in [0, 0.05) is 36.2 Å². The zero-order chi connectivity index (χ0) is 19.5. The molecule has 5 nitrogen and oxygen atoms in total. The Morgan fingerprint density at radius 2 is 2.00 bits per heavy atom. The summed E-state index contributed by atoms with van der Waals surface area (Å²) < 4.78 is 5.79. The van der Waals surface area contributed by atoms with Gasteiger partial charge in [-0.25, -0.2) is 4.98 Å². The predicted octanol–water partition coefficient (Wildman–Crippen LogP) is 3.35. The van der Waals surface area contributed by atoms with E-state index in [9.17, 15) is 4.79 Å². The van der Waals surface area contributed by atoms with Crippen molar-refractivity contribution in [1.29, 1.82) is 0 Å². The number of fused-ring (bicyclic) bond motifs is 1. The highest BCUT2D eigenvalue weighted by Gasteiger charge is 2.32. The molecule has 1 aliphatic rings. The molecule has 1 N–H and O–H groups in total. The van der Waals surface area contributed by atoms with Crippen molar-refractivity contribution >= 4 is 16.8 Å². The van der Waals surface area contributed by atoms with Crippen LogP contribution >= 0.6 is 0 Å². The number of likely N-dealkylation sites (N-methyl/N-ethyl adjacent to an activating group) is 1. The Bertz CT molecular complexity index is 988. The number of likely N-dealkylation sites (tertiary alicyclic amines) is 1. The molecule has 1 saturated heterocycles. The normalized spacial score (nSPS) is 19.8. The van der Waals surface area contributed by atoms with E-state index < -0.39 is 0 Å². The van der Waals surface area contributed by atoms with E-state index in [0.29, 0.717) is 12.2 Å². The smallest absolute Gasteiger partial charge is 0.251 e. The van der Waals surface area contributed by atoms with E-state index in [-0.39, 0.29) is 18.1 Å². The van der Waals surface area contributed by atoms with E-state index in [0.717, 1.165) is 35.2 Å². The number of hydrogen-bond donors (Lipinski definition) is 1. The fourth-order valence-electron chi connectivity index (χ4n) is 3.78. The summed E-state index contributed by atoms with van der Waals surface area (Å²) in [5, 5.41) is 4.25. The highest BCUT2D eigenvalue weighted by Crippen LogP contribution is 2.22. The molecule has 5 heteroatoms. The molecule has 2 heterocycles. The van der Waals surface area contributed by atoms with E-state index >= 15 is 0 Å². The average molecular weight is 375 g/mol. The van der Waals surface area contributed by atoms with Crippen molar-refractivity contribution in [1.82, 2.24) is 15.2 Å². The molecule has 0 radical (unpaired) electrons. The molecule has 2 atom stereocenters. The minimum Gasteiger partial charge on any atom is -0.375 e. The summed E-state index contributed by atoms with van der Waals surface area (Å²) in [5.74, 6) is -0.0763. The number of carbonyl (C=O) groups excluding carboxylic acids is 1. The Hall–Kier alpha value is -2.76. The largest absolute Gasteiger partial charge is 0.375 e. The monoisotopic (exact) mass is 375 g/mol. The van der Waals surface area contributed by atoms with Crippen LogP contribution in [0.25, 0.3) is 22.2 Å². The summed E-state index contributed by atoms with van der Waals surface area (Å²) in [6, 6.07) is 19.7. The summed E-state index contributed by atoms with van der Waals surface area (Å²) in [7, 11) is 2.05. The first-order valence-electron chi connectivity index (χ1n) is 9.71. The van der Waals surface area contributed by atoms with Crippen molar-refractivity contribution in [3.05, 3.63) is 66.2 Å². The number of nitrogens with zero attached hydrogens (tertiary/aromatic N) is 2. The van der Waals surface area contributed by atoms with Crippen LogP contribution in [0.3, 0.4) is 0 Å². The van der Waals surface area contributed by atoms with Crippen molar-refractivity contribution in [2.45, 2.75) is 19.1 Å². The second-order valence-corrected chi connectivity index (χ2v) is 7.26. The van der Waals surface area contributed by atoms with Crippen molar-refractivity contribution in [2.75, 3.05) is 26.7 Å². The van der Waals surface area contributed by atoms with Crippen LogP contribution in [0, 0.1) is 0 Å². The molecule has 4 rings (SSSR count). The van der Waals surface area contributed by atoms with E-state index in [2.05, 4.69) is 16.3 Å². The fourth-order valence-corrected chi connectivity index (χ4v) is 3.78.